The Morgan fingerprint density at radius 3 is 1.00 bits per heavy atom. The van der Waals surface area contributed by atoms with Gasteiger partial charge in [0.15, 0.2) is 0 Å². The molecule has 0 radical (unpaired) electrons. The summed E-state index contributed by atoms with van der Waals surface area (Å²) in [5.74, 6) is -7.69. The molecule has 0 aliphatic heterocycles. The van der Waals surface area contributed by atoms with Crippen molar-refractivity contribution in [1.29, 1.82) is 0 Å². The van der Waals surface area contributed by atoms with Crippen molar-refractivity contribution in [2.24, 2.45) is 0 Å². The molecule has 0 spiro atoms. The first kappa shape index (κ1) is 14.3. The second kappa shape index (κ2) is 7.39. The van der Waals surface area contributed by atoms with Gasteiger partial charge in [-0.3, -0.25) is 0 Å². The van der Waals surface area contributed by atoms with Crippen molar-refractivity contribution in [3.63, 3.8) is 0 Å². The van der Waals surface area contributed by atoms with Gasteiger partial charge < -0.3 is 10.2 Å². The second-order valence-electron chi connectivity index (χ2n) is 1.34. The van der Waals surface area contributed by atoms with Crippen molar-refractivity contribution in [1.82, 2.24) is 0 Å². The molecule has 10 heteroatoms. The van der Waals surface area contributed by atoms with Crippen LogP contribution in [0.1, 0.15) is 0 Å². The third-order valence-electron chi connectivity index (χ3n) is 0.489. The Bertz CT molecular complexity index is 222. The Balaban J connectivity index is 0. The van der Waals surface area contributed by atoms with E-state index in [1.807, 2.05) is 0 Å². The van der Waals surface area contributed by atoms with E-state index in [1.165, 1.54) is 0 Å². The highest BCUT2D eigenvalue weighted by atomic mass is 19.3. The minimum absolute atomic E-state index is 1.90. The van der Waals surface area contributed by atoms with Gasteiger partial charge in [0.2, 0.25) is 0 Å². The number of carbonyl (C=O) groups excluding carboxylic acids is 2. The molecule has 0 saturated carbocycles. The van der Waals surface area contributed by atoms with Gasteiger partial charge in [0.25, 0.3) is 0 Å². The van der Waals surface area contributed by atoms with Gasteiger partial charge in [0.1, 0.15) is 0 Å². The first-order valence-electron chi connectivity index (χ1n) is 2.48. The molecule has 0 atom stereocenters. The van der Waals surface area contributed by atoms with Crippen LogP contribution in [-0.4, -0.2) is 34.1 Å². The van der Waals surface area contributed by atoms with Crippen molar-refractivity contribution < 1.29 is 48.3 Å². The maximum Gasteiger partial charge on any atom is 0.456 e. The quantitative estimate of drug-likeness (QED) is 0.493. The summed E-state index contributed by atoms with van der Waals surface area (Å²) in [6, 6.07) is 0. The standard InChI is InChI=1S/2C2HFO4/c2*3-7-2(6)1(4)5/h2*(H,4,5). The van der Waals surface area contributed by atoms with Gasteiger partial charge >= 0.3 is 23.9 Å². The highest BCUT2D eigenvalue weighted by molar-refractivity contribution is 6.28. The van der Waals surface area contributed by atoms with Crippen LogP contribution < -0.4 is 0 Å². The molecule has 0 aromatic carbocycles. The summed E-state index contributed by atoms with van der Waals surface area (Å²) in [7, 11) is 0. The first-order valence-corrected chi connectivity index (χ1v) is 2.48. The summed E-state index contributed by atoms with van der Waals surface area (Å²) in [5.41, 5.74) is 0. The van der Waals surface area contributed by atoms with Crippen LogP contribution in [0.25, 0.3) is 0 Å². The van der Waals surface area contributed by atoms with E-state index in [0.717, 1.165) is 0 Å². The predicted octanol–water partition coefficient (Wildman–Crippen LogP) is -1.00. The monoisotopic (exact) mass is 216 g/mol. The van der Waals surface area contributed by atoms with E-state index in [-0.39, 0.29) is 0 Å². The fourth-order valence-corrected chi connectivity index (χ4v) is 0.0660. The number of rotatable bonds is 0. The highest BCUT2D eigenvalue weighted by Gasteiger charge is 2.12. The molecule has 0 bridgehead atoms. The maximum atomic E-state index is 10.4. The lowest BCUT2D eigenvalue weighted by atomic mass is 10.7. The number of carbonyl (C=O) groups is 4. The third-order valence-corrected chi connectivity index (χ3v) is 0.489. The van der Waals surface area contributed by atoms with Crippen LogP contribution in [0.4, 0.5) is 9.05 Å². The largest absolute Gasteiger partial charge is 0.473 e. The summed E-state index contributed by atoms with van der Waals surface area (Å²) < 4.78 is 20.8. The summed E-state index contributed by atoms with van der Waals surface area (Å²) in [5, 5.41) is 14.9. The summed E-state index contributed by atoms with van der Waals surface area (Å²) >= 11 is 0. The Kier molecular flexibility index (Phi) is 7.54. The Morgan fingerprint density at radius 1 is 0.786 bits per heavy atom. The molecule has 0 aromatic heterocycles. The van der Waals surface area contributed by atoms with E-state index in [4.69, 9.17) is 10.2 Å². The van der Waals surface area contributed by atoms with Crippen molar-refractivity contribution >= 4 is 23.9 Å². The van der Waals surface area contributed by atoms with Gasteiger partial charge in [-0.1, -0.05) is 0 Å². The van der Waals surface area contributed by atoms with Crippen LogP contribution in [0, 0.1) is 0 Å². The van der Waals surface area contributed by atoms with Gasteiger partial charge in [0, 0.05) is 9.05 Å². The first-order chi connectivity index (χ1) is 6.36. The van der Waals surface area contributed by atoms with E-state index in [2.05, 4.69) is 9.88 Å². The molecule has 0 aliphatic rings. The minimum atomic E-state index is -1.94. The summed E-state index contributed by atoms with van der Waals surface area (Å²) in [4.78, 5) is 41.6. The zero-order chi connectivity index (χ0) is 11.7. The van der Waals surface area contributed by atoms with Crippen LogP contribution in [0.15, 0.2) is 0 Å². The zero-order valence-corrected chi connectivity index (χ0v) is 6.10. The number of carboxylic acid groups (broad SMARTS) is 2. The molecule has 2 N–H and O–H groups in total. The molecule has 0 saturated heterocycles. The molecule has 80 valence electrons. The van der Waals surface area contributed by atoms with E-state index < -0.39 is 23.9 Å². The Labute approximate surface area is 73.4 Å². The molecule has 0 rings (SSSR count). The number of carboxylic acids is 2. The highest BCUT2D eigenvalue weighted by Crippen LogP contribution is 1.75. The fourth-order valence-electron chi connectivity index (χ4n) is 0.0660. The lowest BCUT2D eigenvalue weighted by molar-refractivity contribution is -0.192. The van der Waals surface area contributed by atoms with Gasteiger partial charge in [-0.2, -0.15) is 0 Å². The van der Waals surface area contributed by atoms with E-state index >= 15 is 0 Å². The average molecular weight is 216 g/mol. The van der Waals surface area contributed by atoms with Crippen LogP contribution in [0.3, 0.4) is 0 Å². The van der Waals surface area contributed by atoms with Crippen LogP contribution >= 0.6 is 0 Å². The smallest absolute Gasteiger partial charge is 0.456 e. The van der Waals surface area contributed by atoms with Crippen LogP contribution in [0.2, 0.25) is 0 Å². The lowest BCUT2D eigenvalue weighted by Gasteiger charge is -1.78. The summed E-state index contributed by atoms with van der Waals surface area (Å²) in [6.45, 7) is 0. The van der Waals surface area contributed by atoms with Gasteiger partial charge in [-0.25, -0.2) is 29.1 Å². The number of halogens is 2. The van der Waals surface area contributed by atoms with Gasteiger partial charge in [-0.15, -0.1) is 0 Å². The van der Waals surface area contributed by atoms with E-state index in [1.54, 1.807) is 0 Å². The molecule has 0 aliphatic carbocycles. The van der Waals surface area contributed by atoms with Crippen LogP contribution in [-0.2, 0) is 29.1 Å². The molecular formula is C4H2F2O8. The molecular weight excluding hydrogens is 214 g/mol. The minimum Gasteiger partial charge on any atom is -0.473 e. The van der Waals surface area contributed by atoms with Crippen molar-refractivity contribution in [3.8, 4) is 0 Å². The molecule has 0 aromatic rings. The summed E-state index contributed by atoms with van der Waals surface area (Å²) in [6.07, 6.45) is 0. The van der Waals surface area contributed by atoms with E-state index in [0.29, 0.717) is 0 Å². The molecule has 0 heterocycles. The van der Waals surface area contributed by atoms with Crippen LogP contribution in [0.5, 0.6) is 0 Å². The Morgan fingerprint density at radius 2 is 1.00 bits per heavy atom. The molecule has 0 unspecified atom stereocenters. The third kappa shape index (κ3) is 7.84. The topological polar surface area (TPSA) is 127 Å². The molecule has 8 nitrogen and oxygen atoms in total. The molecule has 14 heavy (non-hydrogen) atoms. The predicted molar refractivity (Wildman–Crippen MR) is 29.7 cm³/mol. The zero-order valence-electron chi connectivity index (χ0n) is 6.10. The molecule has 0 fully saturated rings. The van der Waals surface area contributed by atoms with Crippen molar-refractivity contribution in [2.45, 2.75) is 0 Å². The SMILES string of the molecule is O=C(O)C(=O)OF.O=C(O)C(=O)OF. The fraction of sp³-hybridized carbons (Fsp3) is 0. The average Bonchev–Trinajstić information content (AvgIpc) is 2.15. The molecule has 0 amide bonds. The number of hydrogen-bond donors (Lipinski definition) is 2. The normalized spacial score (nSPS) is 7.57. The van der Waals surface area contributed by atoms with Crippen molar-refractivity contribution in [3.05, 3.63) is 0 Å². The van der Waals surface area contributed by atoms with Crippen molar-refractivity contribution in [2.75, 3.05) is 0 Å². The number of hydrogen-bond acceptors (Lipinski definition) is 6. The van der Waals surface area contributed by atoms with E-state index in [9.17, 15) is 28.2 Å². The Hall–Kier alpha value is -2.26. The number of aliphatic carboxylic acids is 2. The van der Waals surface area contributed by atoms with Gasteiger partial charge in [-0.05, 0) is 0 Å². The maximum absolute atomic E-state index is 10.4. The second-order valence-corrected chi connectivity index (χ2v) is 1.34. The lowest BCUT2D eigenvalue weighted by Crippen LogP contribution is -2.11. The van der Waals surface area contributed by atoms with Gasteiger partial charge in [0.05, 0.1) is 0 Å².